The number of hydrogen-bond donors (Lipinski definition) is 1. The normalized spacial score (nSPS) is 23.1. The van der Waals surface area contributed by atoms with Crippen molar-refractivity contribution in [1.29, 1.82) is 0 Å². The molecule has 1 saturated carbocycles. The Bertz CT molecular complexity index is 1430. The second kappa shape index (κ2) is 17.4. The molecule has 4 aliphatic rings. The molecule has 2 aliphatic heterocycles. The number of carbonyl (C=O) groups is 1. The Kier molecular flexibility index (Phi) is 12.8. The first-order chi connectivity index (χ1) is 22.6. The minimum Gasteiger partial charge on any atom is -0.393 e. The number of aliphatic hydroxyl groups is 1. The van der Waals surface area contributed by atoms with Crippen LogP contribution in [0.4, 0.5) is 0 Å². The third-order valence-electron chi connectivity index (χ3n) is 9.86. The molecule has 1 N–H and O–H groups in total. The summed E-state index contributed by atoms with van der Waals surface area (Å²) in [5, 5.41) is 9.87. The van der Waals surface area contributed by atoms with Gasteiger partial charge in [0.1, 0.15) is 0 Å². The van der Waals surface area contributed by atoms with Gasteiger partial charge in [0.25, 0.3) is 0 Å². The van der Waals surface area contributed by atoms with Crippen LogP contribution in [0.15, 0.2) is 99.9 Å². The van der Waals surface area contributed by atoms with E-state index in [4.69, 9.17) is 0 Å². The highest BCUT2D eigenvalue weighted by molar-refractivity contribution is 5.97. The van der Waals surface area contributed by atoms with Gasteiger partial charge in [-0.15, -0.1) is 0 Å². The van der Waals surface area contributed by atoms with Crippen LogP contribution >= 0.6 is 0 Å². The number of unbranched alkanes of at least 4 members (excludes halogenated alkanes) is 1. The van der Waals surface area contributed by atoms with Crippen molar-refractivity contribution in [1.82, 2.24) is 4.90 Å². The Morgan fingerprint density at radius 2 is 1.78 bits per heavy atom. The van der Waals surface area contributed by atoms with E-state index in [1.54, 1.807) is 5.57 Å². The summed E-state index contributed by atoms with van der Waals surface area (Å²) in [6.45, 7) is 6.35. The van der Waals surface area contributed by atoms with Gasteiger partial charge in [0.15, 0.2) is 5.78 Å². The molecule has 1 aromatic carbocycles. The lowest BCUT2D eigenvalue weighted by molar-refractivity contribution is -0.120. The minimum atomic E-state index is -0.225. The van der Waals surface area contributed by atoms with Crippen molar-refractivity contribution in [3.05, 3.63) is 106 Å². The smallest absolute Gasteiger partial charge is 0.161 e. The van der Waals surface area contributed by atoms with E-state index in [1.807, 2.05) is 12.4 Å². The van der Waals surface area contributed by atoms with E-state index in [2.05, 4.69) is 90.5 Å². The zero-order chi connectivity index (χ0) is 32.1. The van der Waals surface area contributed by atoms with E-state index in [-0.39, 0.29) is 12.0 Å². The van der Waals surface area contributed by atoms with E-state index in [9.17, 15) is 9.90 Å². The molecule has 1 fully saturated rings. The highest BCUT2D eigenvalue weighted by Crippen LogP contribution is 2.36. The Hall–Kier alpha value is -3.50. The quantitative estimate of drug-likeness (QED) is 0.187. The zero-order valence-electron chi connectivity index (χ0n) is 28.2. The van der Waals surface area contributed by atoms with Crippen LogP contribution in [0.1, 0.15) is 115 Å². The third-order valence-corrected chi connectivity index (χ3v) is 9.86. The van der Waals surface area contributed by atoms with E-state index in [0.29, 0.717) is 5.78 Å². The van der Waals surface area contributed by atoms with Crippen molar-refractivity contribution < 1.29 is 9.90 Å². The van der Waals surface area contributed by atoms with Crippen molar-refractivity contribution in [2.24, 2.45) is 10.9 Å². The molecular formula is C42H54N2O2. The lowest BCUT2D eigenvalue weighted by Gasteiger charge is -2.32. The van der Waals surface area contributed by atoms with Crippen LogP contribution in [0, 0.1) is 5.92 Å². The molecule has 2 aliphatic carbocycles. The molecule has 0 unspecified atom stereocenters. The predicted octanol–water partition coefficient (Wildman–Crippen LogP) is 10.1. The number of rotatable bonds is 12. The summed E-state index contributed by atoms with van der Waals surface area (Å²) in [6.07, 6.45) is 33.6. The topological polar surface area (TPSA) is 52.9 Å². The molecule has 4 heteroatoms. The average molecular weight is 619 g/mol. The molecule has 5 rings (SSSR count). The molecule has 1 aromatic rings. The van der Waals surface area contributed by atoms with Crippen LogP contribution < -0.4 is 0 Å². The van der Waals surface area contributed by atoms with Crippen LogP contribution in [0.25, 0.3) is 11.6 Å². The SMILES string of the molecule is CCCC(=CCC/C=C/c1ccc(C2=CCC3=CN=CC=C(N4CC/C=C(\C(=O)[C@H]5CC[C@H](O)CC5)CCC4)C3=C2)cc1)CCC. The van der Waals surface area contributed by atoms with Crippen molar-refractivity contribution in [3.8, 4) is 0 Å². The van der Waals surface area contributed by atoms with Gasteiger partial charge < -0.3 is 10.0 Å². The molecule has 46 heavy (non-hydrogen) atoms. The molecule has 244 valence electrons. The summed E-state index contributed by atoms with van der Waals surface area (Å²) in [7, 11) is 0. The number of nitrogens with zero attached hydrogens (tertiary/aromatic N) is 2. The van der Waals surface area contributed by atoms with Gasteiger partial charge in [-0.05, 0) is 117 Å². The molecule has 0 atom stereocenters. The van der Waals surface area contributed by atoms with Crippen LogP contribution in [0.5, 0.6) is 0 Å². The molecule has 0 aromatic heterocycles. The van der Waals surface area contributed by atoms with Crippen LogP contribution in [-0.4, -0.2) is 41.2 Å². The molecule has 0 saturated heterocycles. The maximum Gasteiger partial charge on any atom is 0.161 e. The van der Waals surface area contributed by atoms with Crippen LogP contribution in [0.3, 0.4) is 0 Å². The fourth-order valence-electron chi connectivity index (χ4n) is 7.31. The summed E-state index contributed by atoms with van der Waals surface area (Å²) in [4.78, 5) is 20.3. The third kappa shape index (κ3) is 9.28. The summed E-state index contributed by atoms with van der Waals surface area (Å²) >= 11 is 0. The zero-order valence-corrected chi connectivity index (χ0v) is 28.2. The second-order valence-electron chi connectivity index (χ2n) is 13.4. The van der Waals surface area contributed by atoms with Gasteiger partial charge in [-0.2, -0.15) is 0 Å². The number of carbonyl (C=O) groups excluding carboxylic acids is 1. The first kappa shape index (κ1) is 33.9. The number of hydrogen-bond acceptors (Lipinski definition) is 4. The highest BCUT2D eigenvalue weighted by Gasteiger charge is 2.28. The van der Waals surface area contributed by atoms with Crippen molar-refractivity contribution in [2.75, 3.05) is 13.1 Å². The van der Waals surface area contributed by atoms with Crippen molar-refractivity contribution in [3.63, 3.8) is 0 Å². The Morgan fingerprint density at radius 1 is 1.00 bits per heavy atom. The van der Waals surface area contributed by atoms with Gasteiger partial charge >= 0.3 is 0 Å². The monoisotopic (exact) mass is 618 g/mol. The maximum absolute atomic E-state index is 13.3. The molecule has 0 bridgehead atoms. The summed E-state index contributed by atoms with van der Waals surface area (Å²) in [6, 6.07) is 8.97. The summed E-state index contributed by atoms with van der Waals surface area (Å²) in [5.41, 5.74) is 10.1. The number of aliphatic imine (C=N–C) groups is 1. The van der Waals surface area contributed by atoms with Gasteiger partial charge in [-0.25, -0.2) is 0 Å². The Labute approximate surface area is 277 Å². The minimum absolute atomic E-state index is 0.0953. The summed E-state index contributed by atoms with van der Waals surface area (Å²) in [5.74, 6) is 0.427. The second-order valence-corrected chi connectivity index (χ2v) is 13.4. The van der Waals surface area contributed by atoms with Crippen LogP contribution in [-0.2, 0) is 4.79 Å². The first-order valence-electron chi connectivity index (χ1n) is 18.0. The molecule has 0 amide bonds. The largest absolute Gasteiger partial charge is 0.393 e. The molecule has 0 spiro atoms. The number of aliphatic hydroxyl groups excluding tert-OH is 1. The van der Waals surface area contributed by atoms with Gasteiger partial charge in [0.05, 0.1) is 6.10 Å². The maximum atomic E-state index is 13.3. The van der Waals surface area contributed by atoms with E-state index in [0.717, 1.165) is 82.9 Å². The number of fused-ring (bicyclic) bond motifs is 1. The number of ketones is 1. The number of benzene rings is 1. The summed E-state index contributed by atoms with van der Waals surface area (Å²) < 4.78 is 0. The van der Waals surface area contributed by atoms with E-state index < -0.39 is 0 Å². The number of allylic oxidation sites excluding steroid dienone is 9. The molecule has 0 radical (unpaired) electrons. The van der Waals surface area contributed by atoms with Gasteiger partial charge in [-0.3, -0.25) is 9.79 Å². The Morgan fingerprint density at radius 3 is 2.54 bits per heavy atom. The average Bonchev–Trinajstić information content (AvgIpc) is 3.27. The fraction of sp³-hybridized carbons (Fsp3) is 0.476. The van der Waals surface area contributed by atoms with Crippen molar-refractivity contribution >= 4 is 23.6 Å². The van der Waals surface area contributed by atoms with E-state index in [1.165, 1.54) is 59.2 Å². The molecule has 2 heterocycles. The highest BCUT2D eigenvalue weighted by atomic mass is 16.3. The number of Topliss-reactive ketones (excluding diaryl/α,β-unsaturated/α-hetero) is 1. The standard InChI is InChI=1S/C42H54N2O2/c1-3-10-32(11-4-2)12-6-5-7-13-33-16-18-34(19-17-33)37-20-21-38-31-43-27-26-41(40(38)30-37)44-28-8-14-35(15-9-29-44)42(46)36-22-24-39(45)25-23-36/h7,12-14,16-20,26-27,30-31,36,39,45H,3-6,8-11,15,21-25,28-29H2,1-2H3/b13-7+,35-14-/t36-,39-. The van der Waals surface area contributed by atoms with Gasteiger partial charge in [0, 0.05) is 42.7 Å². The predicted molar refractivity (Wildman–Crippen MR) is 194 cm³/mol. The van der Waals surface area contributed by atoms with E-state index >= 15 is 0 Å². The molecular weight excluding hydrogens is 564 g/mol. The lowest BCUT2D eigenvalue weighted by Crippen LogP contribution is -2.30. The van der Waals surface area contributed by atoms with Crippen molar-refractivity contribution in [2.45, 2.75) is 110 Å². The Balaban J connectivity index is 1.21. The lowest BCUT2D eigenvalue weighted by atomic mass is 9.81. The van der Waals surface area contributed by atoms with Gasteiger partial charge in [-0.1, -0.05) is 86.9 Å². The fourth-order valence-corrected chi connectivity index (χ4v) is 7.31. The van der Waals surface area contributed by atoms with Crippen LogP contribution in [0.2, 0.25) is 0 Å². The molecule has 4 nitrogen and oxygen atoms in total. The first-order valence-corrected chi connectivity index (χ1v) is 18.0. The van der Waals surface area contributed by atoms with Gasteiger partial charge in [0.2, 0.25) is 0 Å².